The van der Waals surface area contributed by atoms with Crippen molar-refractivity contribution in [2.24, 2.45) is 11.1 Å². The van der Waals surface area contributed by atoms with Crippen LogP contribution in [0.5, 0.6) is 0 Å². The van der Waals surface area contributed by atoms with Gasteiger partial charge in [-0.25, -0.2) is 0 Å². The van der Waals surface area contributed by atoms with Gasteiger partial charge in [-0.3, -0.25) is 9.59 Å². The van der Waals surface area contributed by atoms with Gasteiger partial charge in [0.05, 0.1) is 10.4 Å². The lowest BCUT2D eigenvalue weighted by Gasteiger charge is -2.26. The number of carbonyl (C=O) groups is 2. The lowest BCUT2D eigenvalue weighted by molar-refractivity contribution is -0.127. The summed E-state index contributed by atoms with van der Waals surface area (Å²) in [7, 11) is 0. The Morgan fingerprint density at radius 2 is 1.89 bits per heavy atom. The SMILES string of the molecule is CC(C)NC(=O)CCNC(=O)C1(C(N)=S)CCCC1. The van der Waals surface area contributed by atoms with Crippen LogP contribution < -0.4 is 16.4 Å². The van der Waals surface area contributed by atoms with E-state index in [2.05, 4.69) is 10.6 Å². The molecule has 2 amide bonds. The molecule has 0 spiro atoms. The van der Waals surface area contributed by atoms with Crippen molar-refractivity contribution in [3.8, 4) is 0 Å². The molecule has 0 aromatic heterocycles. The van der Waals surface area contributed by atoms with Crippen molar-refractivity contribution >= 4 is 29.0 Å². The Kier molecular flexibility index (Phi) is 5.72. The predicted molar refractivity (Wildman–Crippen MR) is 78.6 cm³/mol. The van der Waals surface area contributed by atoms with E-state index in [9.17, 15) is 9.59 Å². The largest absolute Gasteiger partial charge is 0.392 e. The van der Waals surface area contributed by atoms with Gasteiger partial charge in [-0.1, -0.05) is 25.1 Å². The molecule has 0 aromatic rings. The normalized spacial score (nSPS) is 17.2. The minimum Gasteiger partial charge on any atom is -0.392 e. The second-order valence-corrected chi connectivity index (χ2v) is 5.82. The first-order valence-corrected chi connectivity index (χ1v) is 7.17. The zero-order chi connectivity index (χ0) is 14.5. The summed E-state index contributed by atoms with van der Waals surface area (Å²) in [6, 6.07) is 0.112. The van der Waals surface area contributed by atoms with Crippen LogP contribution in [0.1, 0.15) is 46.0 Å². The van der Waals surface area contributed by atoms with Gasteiger partial charge in [0.15, 0.2) is 0 Å². The van der Waals surface area contributed by atoms with E-state index in [4.69, 9.17) is 18.0 Å². The van der Waals surface area contributed by atoms with Crippen LogP contribution in [-0.4, -0.2) is 29.4 Å². The molecular weight excluding hydrogens is 262 g/mol. The summed E-state index contributed by atoms with van der Waals surface area (Å²) in [4.78, 5) is 23.9. The molecule has 0 bridgehead atoms. The zero-order valence-corrected chi connectivity index (χ0v) is 12.4. The highest BCUT2D eigenvalue weighted by molar-refractivity contribution is 7.80. The fraction of sp³-hybridized carbons (Fsp3) is 0.769. The number of hydrogen-bond acceptors (Lipinski definition) is 3. The summed E-state index contributed by atoms with van der Waals surface area (Å²) in [5.74, 6) is -0.194. The first-order chi connectivity index (χ1) is 8.88. The van der Waals surface area contributed by atoms with Crippen LogP contribution in [0.3, 0.4) is 0 Å². The number of amides is 2. The number of hydrogen-bond donors (Lipinski definition) is 3. The molecule has 0 saturated heterocycles. The van der Waals surface area contributed by atoms with E-state index < -0.39 is 5.41 Å². The average Bonchev–Trinajstić information content (AvgIpc) is 2.77. The Labute approximate surface area is 119 Å². The molecule has 1 aliphatic carbocycles. The number of nitrogens with two attached hydrogens (primary N) is 1. The van der Waals surface area contributed by atoms with Crippen LogP contribution in [0.4, 0.5) is 0 Å². The summed E-state index contributed by atoms with van der Waals surface area (Å²) >= 11 is 5.04. The summed E-state index contributed by atoms with van der Waals surface area (Å²) in [6.45, 7) is 4.12. The van der Waals surface area contributed by atoms with Gasteiger partial charge in [0.25, 0.3) is 0 Å². The first-order valence-electron chi connectivity index (χ1n) is 6.76. The minimum atomic E-state index is -0.691. The maximum atomic E-state index is 12.2. The van der Waals surface area contributed by atoms with E-state index in [1.54, 1.807) is 0 Å². The molecule has 1 aliphatic rings. The topological polar surface area (TPSA) is 84.2 Å². The van der Waals surface area contributed by atoms with E-state index in [0.717, 1.165) is 12.8 Å². The molecule has 0 unspecified atom stereocenters. The van der Waals surface area contributed by atoms with E-state index >= 15 is 0 Å². The summed E-state index contributed by atoms with van der Waals surface area (Å²) in [5, 5.41) is 5.56. The van der Waals surface area contributed by atoms with Gasteiger partial charge in [0.1, 0.15) is 0 Å². The monoisotopic (exact) mass is 285 g/mol. The second-order valence-electron chi connectivity index (χ2n) is 5.38. The maximum Gasteiger partial charge on any atom is 0.233 e. The van der Waals surface area contributed by atoms with E-state index in [-0.39, 0.29) is 29.3 Å². The fourth-order valence-electron chi connectivity index (χ4n) is 2.42. The number of rotatable bonds is 6. The summed E-state index contributed by atoms with van der Waals surface area (Å²) < 4.78 is 0. The summed E-state index contributed by atoms with van der Waals surface area (Å²) in [6.07, 6.45) is 3.65. The molecule has 1 saturated carbocycles. The molecule has 0 atom stereocenters. The van der Waals surface area contributed by atoms with E-state index in [1.807, 2.05) is 13.8 Å². The average molecular weight is 285 g/mol. The Balaban J connectivity index is 2.42. The smallest absolute Gasteiger partial charge is 0.233 e. The summed E-state index contributed by atoms with van der Waals surface area (Å²) in [5.41, 5.74) is 5.03. The fourth-order valence-corrected chi connectivity index (χ4v) is 2.71. The number of thiocarbonyl (C=S) groups is 1. The van der Waals surface area contributed by atoms with Crippen molar-refractivity contribution in [1.29, 1.82) is 0 Å². The van der Waals surface area contributed by atoms with Crippen molar-refractivity contribution in [2.75, 3.05) is 6.54 Å². The molecule has 0 heterocycles. The van der Waals surface area contributed by atoms with Gasteiger partial charge in [-0.05, 0) is 26.7 Å². The third-order valence-corrected chi connectivity index (χ3v) is 3.84. The van der Waals surface area contributed by atoms with Crippen molar-refractivity contribution in [3.63, 3.8) is 0 Å². The van der Waals surface area contributed by atoms with Crippen molar-refractivity contribution in [3.05, 3.63) is 0 Å². The highest BCUT2D eigenvalue weighted by Crippen LogP contribution is 2.38. The van der Waals surface area contributed by atoms with Crippen molar-refractivity contribution in [2.45, 2.75) is 52.0 Å². The Morgan fingerprint density at radius 3 is 2.37 bits per heavy atom. The van der Waals surface area contributed by atoms with Crippen LogP contribution in [-0.2, 0) is 9.59 Å². The van der Waals surface area contributed by atoms with Crippen LogP contribution >= 0.6 is 12.2 Å². The Morgan fingerprint density at radius 1 is 1.32 bits per heavy atom. The molecule has 4 N–H and O–H groups in total. The number of carbonyl (C=O) groups excluding carboxylic acids is 2. The molecule has 5 nitrogen and oxygen atoms in total. The molecule has 19 heavy (non-hydrogen) atoms. The Hall–Kier alpha value is -1.17. The minimum absolute atomic E-state index is 0.0638. The maximum absolute atomic E-state index is 12.2. The lowest BCUT2D eigenvalue weighted by atomic mass is 9.85. The molecule has 0 radical (unpaired) electrons. The van der Waals surface area contributed by atoms with Crippen molar-refractivity contribution in [1.82, 2.24) is 10.6 Å². The van der Waals surface area contributed by atoms with Gasteiger partial charge < -0.3 is 16.4 Å². The second kappa shape index (κ2) is 6.84. The van der Waals surface area contributed by atoms with Gasteiger partial charge in [-0.15, -0.1) is 0 Å². The van der Waals surface area contributed by atoms with Crippen molar-refractivity contribution < 1.29 is 9.59 Å². The highest BCUT2D eigenvalue weighted by atomic mass is 32.1. The standard InChI is InChI=1S/C13H23N3O2S/c1-9(2)16-10(17)5-8-15-12(18)13(11(14)19)6-3-4-7-13/h9H,3-8H2,1-2H3,(H2,14,19)(H,15,18)(H,16,17). The molecular formula is C13H23N3O2S. The van der Waals surface area contributed by atoms with Gasteiger partial charge in [0, 0.05) is 19.0 Å². The predicted octanol–water partition coefficient (Wildman–Crippen LogP) is 0.864. The van der Waals surface area contributed by atoms with Gasteiger partial charge in [-0.2, -0.15) is 0 Å². The van der Waals surface area contributed by atoms with E-state index in [0.29, 0.717) is 19.4 Å². The van der Waals surface area contributed by atoms with Crippen LogP contribution in [0.2, 0.25) is 0 Å². The van der Waals surface area contributed by atoms with Crippen LogP contribution in [0.25, 0.3) is 0 Å². The first kappa shape index (κ1) is 15.9. The van der Waals surface area contributed by atoms with Gasteiger partial charge in [0.2, 0.25) is 11.8 Å². The third kappa shape index (κ3) is 4.16. The molecule has 6 heteroatoms. The molecule has 1 rings (SSSR count). The number of nitrogens with one attached hydrogen (secondary N) is 2. The van der Waals surface area contributed by atoms with Crippen LogP contribution in [0.15, 0.2) is 0 Å². The Bertz CT molecular complexity index is 363. The third-order valence-electron chi connectivity index (χ3n) is 3.45. The highest BCUT2D eigenvalue weighted by Gasteiger charge is 2.43. The molecule has 0 aromatic carbocycles. The van der Waals surface area contributed by atoms with E-state index in [1.165, 1.54) is 0 Å². The quantitative estimate of drug-likeness (QED) is 0.632. The molecule has 108 valence electrons. The lowest BCUT2D eigenvalue weighted by Crippen LogP contribution is -2.48. The van der Waals surface area contributed by atoms with Gasteiger partial charge >= 0.3 is 0 Å². The van der Waals surface area contributed by atoms with Crippen LogP contribution in [0, 0.1) is 5.41 Å². The molecule has 0 aliphatic heterocycles. The molecule has 1 fully saturated rings. The zero-order valence-electron chi connectivity index (χ0n) is 11.6.